The molecule has 2 aromatic heterocycles. The fourth-order valence-corrected chi connectivity index (χ4v) is 2.00. The zero-order valence-electron chi connectivity index (χ0n) is 9.24. The minimum atomic E-state index is 0.665. The van der Waals surface area contributed by atoms with E-state index in [0.29, 0.717) is 6.54 Å². The number of nitrogens with one attached hydrogen (secondary N) is 1. The fourth-order valence-electron chi connectivity index (χ4n) is 1.39. The number of anilines is 1. The van der Waals surface area contributed by atoms with Crippen molar-refractivity contribution in [1.82, 2.24) is 14.5 Å². The molecule has 0 aliphatic heterocycles. The lowest BCUT2D eigenvalue weighted by molar-refractivity contribution is 0.810. The average Bonchev–Trinajstić information content (AvgIpc) is 2.63. The van der Waals surface area contributed by atoms with Crippen LogP contribution in [0.15, 0.2) is 29.1 Å². The molecule has 5 heteroatoms. The second kappa shape index (κ2) is 4.65. The SMILES string of the molecule is Cc1cnc(NCc2nccn2C)c(Br)c1. The summed E-state index contributed by atoms with van der Waals surface area (Å²) in [6.45, 7) is 2.68. The molecule has 0 aromatic carbocycles. The number of nitrogens with zero attached hydrogens (tertiary/aromatic N) is 3. The molecule has 2 rings (SSSR count). The van der Waals surface area contributed by atoms with E-state index in [4.69, 9.17) is 0 Å². The zero-order chi connectivity index (χ0) is 11.5. The minimum absolute atomic E-state index is 0.665. The molecule has 2 heterocycles. The van der Waals surface area contributed by atoms with Crippen molar-refractivity contribution in [2.75, 3.05) is 5.32 Å². The van der Waals surface area contributed by atoms with E-state index >= 15 is 0 Å². The van der Waals surface area contributed by atoms with Crippen molar-refractivity contribution in [3.8, 4) is 0 Å². The summed E-state index contributed by atoms with van der Waals surface area (Å²) in [6, 6.07) is 2.04. The molecule has 1 N–H and O–H groups in total. The van der Waals surface area contributed by atoms with E-state index in [0.717, 1.165) is 21.7 Å². The molecule has 84 valence electrons. The minimum Gasteiger partial charge on any atom is -0.362 e. The highest BCUT2D eigenvalue weighted by molar-refractivity contribution is 9.10. The van der Waals surface area contributed by atoms with Gasteiger partial charge in [0.15, 0.2) is 0 Å². The molecule has 4 nitrogen and oxygen atoms in total. The maximum Gasteiger partial charge on any atom is 0.140 e. The summed E-state index contributed by atoms with van der Waals surface area (Å²) in [5.41, 5.74) is 1.13. The van der Waals surface area contributed by atoms with Crippen molar-refractivity contribution >= 4 is 21.7 Å². The van der Waals surface area contributed by atoms with Gasteiger partial charge in [0.1, 0.15) is 11.6 Å². The highest BCUT2D eigenvalue weighted by atomic mass is 79.9. The van der Waals surface area contributed by atoms with Crippen LogP contribution in [-0.2, 0) is 13.6 Å². The van der Waals surface area contributed by atoms with E-state index in [1.807, 2.05) is 37.0 Å². The van der Waals surface area contributed by atoms with Crippen molar-refractivity contribution in [3.63, 3.8) is 0 Å². The van der Waals surface area contributed by atoms with Crippen LogP contribution >= 0.6 is 15.9 Å². The fraction of sp³-hybridized carbons (Fsp3) is 0.273. The number of hydrogen-bond donors (Lipinski definition) is 1. The first-order chi connectivity index (χ1) is 7.66. The number of rotatable bonds is 3. The van der Waals surface area contributed by atoms with E-state index in [9.17, 15) is 0 Å². The predicted molar refractivity (Wildman–Crippen MR) is 67.2 cm³/mol. The Morgan fingerprint density at radius 2 is 2.25 bits per heavy atom. The van der Waals surface area contributed by atoms with E-state index in [2.05, 4.69) is 31.2 Å². The second-order valence-electron chi connectivity index (χ2n) is 3.65. The van der Waals surface area contributed by atoms with Crippen LogP contribution in [0.4, 0.5) is 5.82 Å². The summed E-state index contributed by atoms with van der Waals surface area (Å²) in [7, 11) is 1.97. The summed E-state index contributed by atoms with van der Waals surface area (Å²) >= 11 is 3.48. The van der Waals surface area contributed by atoms with Crippen LogP contribution in [-0.4, -0.2) is 14.5 Å². The monoisotopic (exact) mass is 280 g/mol. The third-order valence-electron chi connectivity index (χ3n) is 2.31. The van der Waals surface area contributed by atoms with Gasteiger partial charge in [-0.05, 0) is 34.5 Å². The molecule has 0 unspecified atom stereocenters. The van der Waals surface area contributed by atoms with Gasteiger partial charge in [-0.25, -0.2) is 9.97 Å². The Balaban J connectivity index is 2.08. The normalized spacial score (nSPS) is 10.4. The lowest BCUT2D eigenvalue weighted by Gasteiger charge is -2.07. The largest absolute Gasteiger partial charge is 0.362 e. The second-order valence-corrected chi connectivity index (χ2v) is 4.51. The predicted octanol–water partition coefficient (Wildman–Crippen LogP) is 2.50. The first kappa shape index (κ1) is 11.1. The molecule has 0 aliphatic rings. The van der Waals surface area contributed by atoms with Crippen LogP contribution in [0.2, 0.25) is 0 Å². The van der Waals surface area contributed by atoms with Crippen LogP contribution in [0.5, 0.6) is 0 Å². The van der Waals surface area contributed by atoms with Gasteiger partial charge in [-0.1, -0.05) is 0 Å². The van der Waals surface area contributed by atoms with Gasteiger partial charge in [-0.3, -0.25) is 0 Å². The maximum atomic E-state index is 4.31. The van der Waals surface area contributed by atoms with Crippen molar-refractivity contribution in [2.24, 2.45) is 7.05 Å². The number of aryl methyl sites for hydroxylation is 2. The smallest absolute Gasteiger partial charge is 0.140 e. The summed E-state index contributed by atoms with van der Waals surface area (Å²) in [4.78, 5) is 8.55. The Kier molecular flexibility index (Phi) is 3.24. The van der Waals surface area contributed by atoms with Crippen molar-refractivity contribution in [2.45, 2.75) is 13.5 Å². The Bertz CT molecular complexity index is 492. The van der Waals surface area contributed by atoms with Gasteiger partial charge in [0.05, 0.1) is 11.0 Å². The van der Waals surface area contributed by atoms with Gasteiger partial charge in [0.2, 0.25) is 0 Å². The Morgan fingerprint density at radius 1 is 1.44 bits per heavy atom. The highest BCUT2D eigenvalue weighted by Crippen LogP contribution is 2.20. The molecule has 0 saturated heterocycles. The average molecular weight is 281 g/mol. The number of aromatic nitrogens is 3. The van der Waals surface area contributed by atoms with E-state index in [1.165, 1.54) is 0 Å². The Labute approximate surface area is 103 Å². The van der Waals surface area contributed by atoms with Gasteiger partial charge >= 0.3 is 0 Å². The standard InChI is InChI=1S/C11H13BrN4/c1-8-5-9(12)11(14-6-8)15-7-10-13-3-4-16(10)2/h3-6H,7H2,1-2H3,(H,14,15). The molecule has 0 radical (unpaired) electrons. The number of halogens is 1. The molecule has 0 fully saturated rings. The molecular formula is C11H13BrN4. The first-order valence-electron chi connectivity index (χ1n) is 4.99. The van der Waals surface area contributed by atoms with Crippen LogP contribution in [0.1, 0.15) is 11.4 Å². The van der Waals surface area contributed by atoms with Crippen LogP contribution < -0.4 is 5.32 Å². The maximum absolute atomic E-state index is 4.31. The van der Waals surface area contributed by atoms with Crippen LogP contribution in [0.3, 0.4) is 0 Å². The van der Waals surface area contributed by atoms with E-state index in [1.54, 1.807) is 6.20 Å². The summed E-state index contributed by atoms with van der Waals surface area (Å²) in [6.07, 6.45) is 5.55. The summed E-state index contributed by atoms with van der Waals surface area (Å²) in [5, 5.41) is 3.24. The lowest BCUT2D eigenvalue weighted by atomic mass is 10.3. The number of pyridine rings is 1. The molecule has 0 saturated carbocycles. The Hall–Kier alpha value is -1.36. The molecule has 0 bridgehead atoms. The highest BCUT2D eigenvalue weighted by Gasteiger charge is 2.03. The molecule has 0 atom stereocenters. The molecule has 16 heavy (non-hydrogen) atoms. The molecule has 0 spiro atoms. The third kappa shape index (κ3) is 2.41. The molecule has 2 aromatic rings. The molecule has 0 aliphatic carbocycles. The van der Waals surface area contributed by atoms with Gasteiger partial charge in [0.25, 0.3) is 0 Å². The summed E-state index contributed by atoms with van der Waals surface area (Å²) < 4.78 is 2.96. The van der Waals surface area contributed by atoms with E-state index < -0.39 is 0 Å². The Morgan fingerprint density at radius 3 is 2.88 bits per heavy atom. The first-order valence-corrected chi connectivity index (χ1v) is 5.78. The van der Waals surface area contributed by atoms with Gasteiger partial charge in [0, 0.05) is 25.6 Å². The number of imidazole rings is 1. The lowest BCUT2D eigenvalue weighted by Crippen LogP contribution is -2.07. The zero-order valence-corrected chi connectivity index (χ0v) is 10.8. The molecular weight excluding hydrogens is 268 g/mol. The van der Waals surface area contributed by atoms with Gasteiger partial charge < -0.3 is 9.88 Å². The topological polar surface area (TPSA) is 42.7 Å². The quantitative estimate of drug-likeness (QED) is 0.940. The molecule has 0 amide bonds. The van der Waals surface area contributed by atoms with Crippen LogP contribution in [0, 0.1) is 6.92 Å². The van der Waals surface area contributed by atoms with E-state index in [-0.39, 0.29) is 0 Å². The van der Waals surface area contributed by atoms with Crippen molar-refractivity contribution < 1.29 is 0 Å². The summed E-state index contributed by atoms with van der Waals surface area (Å²) in [5.74, 6) is 1.82. The van der Waals surface area contributed by atoms with Gasteiger partial charge in [-0.15, -0.1) is 0 Å². The van der Waals surface area contributed by atoms with Crippen molar-refractivity contribution in [1.29, 1.82) is 0 Å². The van der Waals surface area contributed by atoms with Crippen LogP contribution in [0.25, 0.3) is 0 Å². The third-order valence-corrected chi connectivity index (χ3v) is 2.92. The number of hydrogen-bond acceptors (Lipinski definition) is 3. The van der Waals surface area contributed by atoms with Gasteiger partial charge in [-0.2, -0.15) is 0 Å². The van der Waals surface area contributed by atoms with Crippen molar-refractivity contribution in [3.05, 3.63) is 40.5 Å².